The van der Waals surface area contributed by atoms with Gasteiger partial charge >= 0.3 is 0 Å². The van der Waals surface area contributed by atoms with Crippen molar-refractivity contribution in [2.75, 3.05) is 13.1 Å². The molecule has 3 nitrogen and oxygen atoms in total. The molecule has 4 heteroatoms. The lowest BCUT2D eigenvalue weighted by Crippen LogP contribution is -2.61. The van der Waals surface area contributed by atoms with E-state index in [0.29, 0.717) is 4.47 Å². The van der Waals surface area contributed by atoms with Crippen LogP contribution in [0.25, 0.3) is 0 Å². The third kappa shape index (κ3) is 1.93. The Labute approximate surface area is 139 Å². The highest BCUT2D eigenvalue weighted by Gasteiger charge is 2.53. The molecule has 2 bridgehead atoms. The van der Waals surface area contributed by atoms with E-state index >= 15 is 0 Å². The largest absolute Gasteiger partial charge is 0.507 e. The van der Waals surface area contributed by atoms with Crippen molar-refractivity contribution in [3.63, 3.8) is 0 Å². The molecular weight excluding hydrogens is 342 g/mol. The van der Waals surface area contributed by atoms with Crippen LogP contribution in [0.2, 0.25) is 0 Å². The van der Waals surface area contributed by atoms with Gasteiger partial charge in [0.2, 0.25) is 0 Å². The topological polar surface area (TPSA) is 40.5 Å². The van der Waals surface area contributed by atoms with E-state index in [0.717, 1.165) is 36.6 Å². The number of halogens is 1. The second kappa shape index (κ2) is 4.81. The van der Waals surface area contributed by atoms with Crippen molar-refractivity contribution in [3.8, 4) is 5.75 Å². The van der Waals surface area contributed by atoms with Crippen molar-refractivity contribution in [3.05, 3.63) is 27.7 Å². The van der Waals surface area contributed by atoms with Gasteiger partial charge in [0, 0.05) is 17.5 Å². The Morgan fingerprint density at radius 3 is 2.82 bits per heavy atom. The minimum atomic E-state index is -0.0501. The number of carbonyl (C=O) groups is 1. The molecule has 0 radical (unpaired) electrons. The predicted octanol–water partition coefficient (Wildman–Crippen LogP) is 3.73. The third-order valence-corrected chi connectivity index (χ3v) is 7.01. The number of nitrogens with zero attached hydrogens (tertiary/aromatic N) is 1. The number of ketones is 1. The summed E-state index contributed by atoms with van der Waals surface area (Å²) in [7, 11) is 0. The van der Waals surface area contributed by atoms with Gasteiger partial charge in [-0.2, -0.15) is 0 Å². The molecule has 0 unspecified atom stereocenters. The van der Waals surface area contributed by atoms with Crippen molar-refractivity contribution >= 4 is 21.7 Å². The maximum atomic E-state index is 13.1. The first-order valence-corrected chi connectivity index (χ1v) is 9.03. The minimum absolute atomic E-state index is 0.00305. The smallest absolute Gasteiger partial charge is 0.180 e. The molecule has 1 saturated heterocycles. The van der Waals surface area contributed by atoms with Crippen LogP contribution in [0.1, 0.15) is 49.0 Å². The second-order valence-corrected chi connectivity index (χ2v) is 8.32. The zero-order valence-corrected chi connectivity index (χ0v) is 14.7. The summed E-state index contributed by atoms with van der Waals surface area (Å²) in [4.78, 5) is 15.5. The molecule has 3 aliphatic rings. The fourth-order valence-corrected chi connectivity index (χ4v) is 5.28. The third-order valence-electron chi connectivity index (χ3n) is 6.21. The number of piperidine rings is 1. The number of hydrogen-bond donors (Lipinski definition) is 1. The van der Waals surface area contributed by atoms with Gasteiger partial charge in [-0.1, -0.05) is 13.8 Å². The van der Waals surface area contributed by atoms with Crippen LogP contribution in [0.3, 0.4) is 0 Å². The van der Waals surface area contributed by atoms with Gasteiger partial charge in [0.1, 0.15) is 5.75 Å². The van der Waals surface area contributed by atoms with E-state index in [1.165, 1.54) is 12.8 Å². The number of aromatic hydroxyl groups is 1. The lowest BCUT2D eigenvalue weighted by Gasteiger charge is -2.54. The molecular formula is C18H22BrNO2. The van der Waals surface area contributed by atoms with Crippen LogP contribution < -0.4 is 0 Å². The number of hydrogen-bond acceptors (Lipinski definition) is 3. The van der Waals surface area contributed by atoms with Crippen molar-refractivity contribution in [1.82, 2.24) is 4.90 Å². The highest BCUT2D eigenvalue weighted by molar-refractivity contribution is 9.10. The molecule has 1 aromatic rings. The Hall–Kier alpha value is -0.870. The second-order valence-electron chi connectivity index (χ2n) is 7.52. The van der Waals surface area contributed by atoms with Crippen molar-refractivity contribution in [1.29, 1.82) is 0 Å². The summed E-state index contributed by atoms with van der Waals surface area (Å²) in [5, 5.41) is 10.1. The number of Topliss-reactive ketones (excluding diaryl/α,β-unsaturated/α-hetero) is 1. The molecule has 4 rings (SSSR count). The van der Waals surface area contributed by atoms with E-state index < -0.39 is 0 Å². The maximum Gasteiger partial charge on any atom is 0.180 e. The zero-order valence-electron chi connectivity index (χ0n) is 13.1. The van der Waals surface area contributed by atoms with Gasteiger partial charge in [-0.15, -0.1) is 0 Å². The molecule has 0 aromatic heterocycles. The van der Waals surface area contributed by atoms with Crippen molar-refractivity contribution < 1.29 is 9.90 Å². The lowest BCUT2D eigenvalue weighted by molar-refractivity contribution is 0.0263. The van der Waals surface area contributed by atoms with E-state index in [1.54, 1.807) is 6.07 Å². The normalized spacial score (nSPS) is 34.6. The monoisotopic (exact) mass is 363 g/mol. The first kappa shape index (κ1) is 14.7. The first-order valence-electron chi connectivity index (χ1n) is 8.23. The summed E-state index contributed by atoms with van der Waals surface area (Å²) in [5.74, 6) is 1.55. The summed E-state index contributed by atoms with van der Waals surface area (Å²) < 4.78 is 0.710. The molecule has 0 amide bonds. The summed E-state index contributed by atoms with van der Waals surface area (Å²) >= 11 is 3.53. The van der Waals surface area contributed by atoms with Gasteiger partial charge in [-0.05, 0) is 71.3 Å². The summed E-state index contributed by atoms with van der Waals surface area (Å²) in [5.41, 5.74) is 1.77. The lowest BCUT2D eigenvalue weighted by atomic mass is 9.58. The van der Waals surface area contributed by atoms with Crippen LogP contribution in [0, 0.1) is 11.8 Å². The fourth-order valence-electron chi connectivity index (χ4n) is 4.48. The van der Waals surface area contributed by atoms with Crippen LogP contribution in [-0.4, -0.2) is 34.9 Å². The Morgan fingerprint density at radius 2 is 2.14 bits per heavy atom. The molecule has 2 fully saturated rings. The summed E-state index contributed by atoms with van der Waals surface area (Å²) in [6.45, 7) is 6.52. The molecule has 3 atom stereocenters. The number of rotatable bonds is 2. The van der Waals surface area contributed by atoms with Crippen LogP contribution in [0.5, 0.6) is 5.75 Å². The van der Waals surface area contributed by atoms with Crippen LogP contribution >= 0.6 is 15.9 Å². The van der Waals surface area contributed by atoms with E-state index in [-0.39, 0.29) is 28.9 Å². The molecule has 0 spiro atoms. The van der Waals surface area contributed by atoms with Crippen molar-refractivity contribution in [2.24, 2.45) is 11.8 Å². The van der Waals surface area contributed by atoms with Gasteiger partial charge < -0.3 is 5.11 Å². The molecule has 2 aliphatic carbocycles. The number of carbonyl (C=O) groups excluding carboxylic acids is 1. The quantitative estimate of drug-likeness (QED) is 0.870. The van der Waals surface area contributed by atoms with E-state index in [2.05, 4.69) is 34.7 Å². The molecule has 22 heavy (non-hydrogen) atoms. The Kier molecular flexibility index (Phi) is 3.22. The summed E-state index contributed by atoms with van der Waals surface area (Å²) in [6, 6.07) is 3.46. The highest BCUT2D eigenvalue weighted by atomic mass is 79.9. The van der Waals surface area contributed by atoms with Crippen molar-refractivity contribution in [2.45, 2.75) is 44.6 Å². The maximum absolute atomic E-state index is 13.1. The molecule has 1 aliphatic heterocycles. The van der Waals surface area contributed by atoms with Crippen LogP contribution in [-0.2, 0) is 5.41 Å². The average Bonchev–Trinajstić information content (AvgIpc) is 3.28. The van der Waals surface area contributed by atoms with E-state index in [9.17, 15) is 9.90 Å². The standard InChI is InChI=1S/C18H22BrNO2/c1-10-16-17(22)12-5-6-13(21)15(19)14(12)18(10,2)7-8-20(16)9-11-3-4-11/h5-6,10-11,16,21H,3-4,7-9H2,1-2H3/t10-,16-,18+/m0/s1. The van der Waals surface area contributed by atoms with Gasteiger partial charge in [-0.3, -0.25) is 9.69 Å². The van der Waals surface area contributed by atoms with Gasteiger partial charge in [-0.25, -0.2) is 0 Å². The molecule has 118 valence electrons. The average molecular weight is 364 g/mol. The number of likely N-dealkylation sites (tertiary alicyclic amines) is 1. The van der Waals surface area contributed by atoms with Gasteiger partial charge in [0.05, 0.1) is 10.5 Å². The van der Waals surface area contributed by atoms with Gasteiger partial charge in [0.25, 0.3) is 0 Å². The SMILES string of the molecule is C[C@H]1[C@H]2C(=O)c3ccc(O)c(Br)c3[C@]1(C)CCN2CC1CC1. The van der Waals surface area contributed by atoms with Gasteiger partial charge in [0.15, 0.2) is 5.78 Å². The zero-order chi connectivity index (χ0) is 15.6. The highest BCUT2D eigenvalue weighted by Crippen LogP contribution is 2.52. The Bertz CT molecular complexity index is 655. The Balaban J connectivity index is 1.83. The molecule has 1 N–H and O–H groups in total. The Morgan fingerprint density at radius 1 is 1.41 bits per heavy atom. The summed E-state index contributed by atoms with van der Waals surface area (Å²) in [6.07, 6.45) is 3.68. The predicted molar refractivity (Wildman–Crippen MR) is 89.4 cm³/mol. The molecule has 1 heterocycles. The minimum Gasteiger partial charge on any atom is -0.507 e. The first-order chi connectivity index (χ1) is 10.4. The number of benzene rings is 1. The number of fused-ring (bicyclic) bond motifs is 4. The van der Waals surface area contributed by atoms with E-state index in [1.807, 2.05) is 6.07 Å². The van der Waals surface area contributed by atoms with Crippen LogP contribution in [0.4, 0.5) is 0 Å². The molecule has 1 saturated carbocycles. The van der Waals surface area contributed by atoms with Crippen LogP contribution in [0.15, 0.2) is 16.6 Å². The number of phenolic OH excluding ortho intramolecular Hbond substituents is 1. The fraction of sp³-hybridized carbons (Fsp3) is 0.611. The van der Waals surface area contributed by atoms with E-state index in [4.69, 9.17) is 0 Å². The number of phenols is 1. The molecule has 1 aromatic carbocycles.